The van der Waals surface area contributed by atoms with Crippen LogP contribution in [0, 0.1) is 30.5 Å². The second kappa shape index (κ2) is 21.3. The first-order valence-corrected chi connectivity index (χ1v) is 24.7. The zero-order valence-electron chi connectivity index (χ0n) is 40.5. The van der Waals surface area contributed by atoms with E-state index in [-0.39, 0.29) is 49.4 Å². The monoisotopic (exact) mass is 957 g/mol. The van der Waals surface area contributed by atoms with E-state index in [0.29, 0.717) is 83.2 Å². The van der Waals surface area contributed by atoms with Crippen LogP contribution in [0.25, 0.3) is 33.5 Å². The molecular weight excluding hydrogens is 894 g/mol. The molecule has 2 atom stereocenters. The predicted octanol–water partition coefficient (Wildman–Crippen LogP) is 7.99. The fourth-order valence-corrected chi connectivity index (χ4v) is 10.5. The molecule has 17 heteroatoms. The number of H-pyrrole nitrogens is 1. The molecule has 70 heavy (non-hydrogen) atoms. The van der Waals surface area contributed by atoms with Crippen LogP contribution in [-0.2, 0) is 16.1 Å². The third-order valence-corrected chi connectivity index (χ3v) is 14.6. The molecule has 4 fully saturated rings. The van der Waals surface area contributed by atoms with E-state index in [1.54, 1.807) is 23.1 Å². The van der Waals surface area contributed by atoms with Crippen molar-refractivity contribution in [3.05, 3.63) is 89.5 Å². The fraction of sp³-hybridized carbons (Fsp3) is 0.472. The number of anilines is 2. The maximum Gasteiger partial charge on any atom is 0.328 e. The molecule has 5 aromatic rings. The number of nitrogens with zero attached hydrogens (tertiary/aromatic N) is 6. The molecule has 6 heterocycles. The number of aliphatic hydroxyl groups excluding tert-OH is 1. The molecule has 0 aliphatic carbocycles. The molecule has 0 radical (unpaired) electrons. The van der Waals surface area contributed by atoms with Gasteiger partial charge in [-0.1, -0.05) is 38.1 Å². The molecule has 0 bridgehead atoms. The van der Waals surface area contributed by atoms with E-state index < -0.39 is 18.0 Å². The van der Waals surface area contributed by atoms with Crippen molar-refractivity contribution in [3.63, 3.8) is 0 Å². The van der Waals surface area contributed by atoms with E-state index in [2.05, 4.69) is 68.6 Å². The third-order valence-electron chi connectivity index (χ3n) is 14.6. The van der Waals surface area contributed by atoms with Gasteiger partial charge >= 0.3 is 12.1 Å². The number of nitrogens with one attached hydrogen (secondary N) is 3. The highest BCUT2D eigenvalue weighted by atomic mass is 19.1. The van der Waals surface area contributed by atoms with Crippen molar-refractivity contribution >= 4 is 46.3 Å². The molecule has 0 unspecified atom stereocenters. The molecule has 0 spiro atoms. The first-order chi connectivity index (χ1) is 33.8. The van der Waals surface area contributed by atoms with E-state index in [1.807, 2.05) is 17.9 Å². The standard InChI is InChI=1S/C53H64FN9O7/c1-32(2)23-38-28-62(29-46(38)64)52(67)58-43-26-39(54)25-41(33(43)3)49-42-27-44(57-50(42)56-31-55-49)36-7-5-35(6-8-36)30-70-40-14-18-60(19-15-40)17-11-34-12-20-61(21-13-34)51(66)37-9-10-47(69-4)45(24-37)63-22-16-48(65)59-53(63)68/h5-10,24-27,31-32,34,38,40,46,64H,11-23,28-30H2,1-4H3,(H,58,67)(H,55,56,57)(H,59,65,68)/t38-,46+/m1/s1. The van der Waals surface area contributed by atoms with Crippen LogP contribution < -0.4 is 20.3 Å². The molecule has 2 aromatic heterocycles. The van der Waals surface area contributed by atoms with E-state index in [4.69, 9.17) is 9.47 Å². The number of fused-ring (bicyclic) bond motifs is 1. The van der Waals surface area contributed by atoms with Gasteiger partial charge in [-0.15, -0.1) is 0 Å². The molecule has 4 N–H and O–H groups in total. The van der Waals surface area contributed by atoms with Crippen LogP contribution in [0.15, 0.2) is 67.0 Å². The number of benzene rings is 3. The molecule has 3 aromatic carbocycles. The molecule has 9 rings (SSSR count). The Hall–Kier alpha value is -6.43. The Morgan fingerprint density at radius 3 is 2.43 bits per heavy atom. The molecular formula is C53H64FN9O7. The van der Waals surface area contributed by atoms with E-state index in [9.17, 15) is 24.3 Å². The van der Waals surface area contributed by atoms with Crippen LogP contribution in [0.3, 0.4) is 0 Å². The largest absolute Gasteiger partial charge is 0.495 e. The van der Waals surface area contributed by atoms with Crippen LogP contribution in [0.2, 0.25) is 0 Å². The van der Waals surface area contributed by atoms with Crippen molar-refractivity contribution in [2.24, 2.45) is 17.8 Å². The summed E-state index contributed by atoms with van der Waals surface area (Å²) in [6, 6.07) is 17.2. The number of carbonyl (C=O) groups excluding carboxylic acids is 4. The summed E-state index contributed by atoms with van der Waals surface area (Å²) in [4.78, 5) is 71.1. The van der Waals surface area contributed by atoms with Crippen LogP contribution in [0.4, 0.5) is 25.4 Å². The van der Waals surface area contributed by atoms with Gasteiger partial charge in [0.2, 0.25) is 5.91 Å². The first-order valence-electron chi connectivity index (χ1n) is 24.7. The second-order valence-electron chi connectivity index (χ2n) is 19.8. The van der Waals surface area contributed by atoms with Crippen LogP contribution in [0.5, 0.6) is 5.75 Å². The number of halogens is 1. The lowest BCUT2D eigenvalue weighted by molar-refractivity contribution is -0.120. The number of β-amino-alcohol motifs (C(OH)–C–C–N with tert-alkyl or cyclic N) is 1. The SMILES string of the molecule is COc1ccc(C(=O)N2CCC(CCN3CCC(OCc4ccc(-c5cc6c(-c7cc(F)cc(NC(=O)N8C[C@@H](CC(C)C)[C@@H](O)C8)c7C)ncnc6[nH]5)cc4)CC3)CC2)cc1N1CCC(=O)NC1=O. The highest BCUT2D eigenvalue weighted by Crippen LogP contribution is 2.36. The number of imide groups is 1. The summed E-state index contributed by atoms with van der Waals surface area (Å²) >= 11 is 0. The van der Waals surface area contributed by atoms with Crippen molar-refractivity contribution in [1.29, 1.82) is 0 Å². The van der Waals surface area contributed by atoms with E-state index >= 15 is 4.39 Å². The van der Waals surface area contributed by atoms with Gasteiger partial charge in [-0.3, -0.25) is 19.8 Å². The third kappa shape index (κ3) is 11.0. The number of methoxy groups -OCH3 is 1. The minimum absolute atomic E-state index is 0.00853. The number of carbonyl (C=O) groups is 4. The number of rotatable bonds is 14. The zero-order chi connectivity index (χ0) is 49.1. The molecule has 370 valence electrons. The Morgan fingerprint density at radius 2 is 1.70 bits per heavy atom. The lowest BCUT2D eigenvalue weighted by atomic mass is 9.92. The van der Waals surface area contributed by atoms with Gasteiger partial charge in [-0.05, 0) is 117 Å². The van der Waals surface area contributed by atoms with Crippen LogP contribution in [0.1, 0.15) is 80.3 Å². The summed E-state index contributed by atoms with van der Waals surface area (Å²) in [5.41, 5.74) is 6.59. The minimum atomic E-state index is -0.586. The number of likely N-dealkylation sites (tertiary alicyclic amines) is 3. The smallest absolute Gasteiger partial charge is 0.328 e. The van der Waals surface area contributed by atoms with Gasteiger partial charge in [0.1, 0.15) is 23.5 Å². The van der Waals surface area contributed by atoms with Gasteiger partial charge in [0.25, 0.3) is 5.91 Å². The Labute approximate surface area is 407 Å². The van der Waals surface area contributed by atoms with Crippen molar-refractivity contribution < 1.29 is 38.1 Å². The van der Waals surface area contributed by atoms with Crippen molar-refractivity contribution in [1.82, 2.24) is 35.0 Å². The summed E-state index contributed by atoms with van der Waals surface area (Å²) in [5.74, 6) is 0.539. The van der Waals surface area contributed by atoms with Gasteiger partial charge in [-0.2, -0.15) is 0 Å². The lowest BCUT2D eigenvalue weighted by Gasteiger charge is -2.35. The average Bonchev–Trinajstić information content (AvgIpc) is 3.97. The van der Waals surface area contributed by atoms with Gasteiger partial charge in [0, 0.05) is 86.0 Å². The highest BCUT2D eigenvalue weighted by molar-refractivity contribution is 6.07. The van der Waals surface area contributed by atoms with Gasteiger partial charge in [0.15, 0.2) is 0 Å². The van der Waals surface area contributed by atoms with Crippen LogP contribution in [-0.4, -0.2) is 130 Å². The lowest BCUT2D eigenvalue weighted by Crippen LogP contribution is -2.49. The number of piperidine rings is 2. The predicted molar refractivity (Wildman–Crippen MR) is 265 cm³/mol. The summed E-state index contributed by atoms with van der Waals surface area (Å²) in [6.45, 7) is 11.8. The second-order valence-corrected chi connectivity index (χ2v) is 19.8. The number of amides is 6. The molecule has 4 saturated heterocycles. The number of hydrogen-bond acceptors (Lipinski definition) is 10. The maximum absolute atomic E-state index is 15.2. The number of hydrogen-bond donors (Lipinski definition) is 4. The van der Waals surface area contributed by atoms with Gasteiger partial charge < -0.3 is 39.6 Å². The van der Waals surface area contributed by atoms with Gasteiger partial charge in [0.05, 0.1) is 37.3 Å². The first kappa shape index (κ1) is 48.6. The summed E-state index contributed by atoms with van der Waals surface area (Å²) in [6.07, 6.45) is 7.00. The summed E-state index contributed by atoms with van der Waals surface area (Å²) < 4.78 is 27.1. The number of aliphatic hydroxyl groups is 1. The van der Waals surface area contributed by atoms with Crippen molar-refractivity contribution in [3.8, 4) is 28.3 Å². The number of aromatic nitrogens is 3. The Morgan fingerprint density at radius 1 is 0.929 bits per heavy atom. The van der Waals surface area contributed by atoms with Gasteiger partial charge in [-0.25, -0.2) is 23.9 Å². The quantitative estimate of drug-likeness (QED) is 0.0851. The topological polar surface area (TPSA) is 186 Å². The normalized spacial score (nSPS) is 19.6. The average molecular weight is 958 g/mol. The fourth-order valence-electron chi connectivity index (χ4n) is 10.5. The van der Waals surface area contributed by atoms with E-state index in [0.717, 1.165) is 80.4 Å². The van der Waals surface area contributed by atoms with Crippen LogP contribution >= 0.6 is 0 Å². The van der Waals surface area contributed by atoms with E-state index in [1.165, 1.54) is 30.5 Å². The Balaban J connectivity index is 0.729. The minimum Gasteiger partial charge on any atom is -0.495 e. The Bertz CT molecular complexity index is 2710. The molecule has 0 saturated carbocycles. The number of ether oxygens (including phenoxy) is 2. The van der Waals surface area contributed by atoms with Crippen molar-refractivity contribution in [2.45, 2.75) is 84.5 Å². The summed E-state index contributed by atoms with van der Waals surface area (Å²) in [5, 5.41) is 16.5. The number of aromatic amines is 1. The summed E-state index contributed by atoms with van der Waals surface area (Å²) in [7, 11) is 1.52. The zero-order valence-corrected chi connectivity index (χ0v) is 40.5. The van der Waals surface area contributed by atoms with Crippen molar-refractivity contribution in [2.75, 3.05) is 69.7 Å². The number of urea groups is 2. The Kier molecular flexibility index (Phi) is 14.8. The molecule has 4 aliphatic rings. The maximum atomic E-state index is 15.2. The molecule has 4 aliphatic heterocycles. The molecule has 16 nitrogen and oxygen atoms in total. The highest BCUT2D eigenvalue weighted by Gasteiger charge is 2.35. The molecule has 6 amide bonds.